The lowest BCUT2D eigenvalue weighted by molar-refractivity contribution is 0.159. The Morgan fingerprint density at radius 1 is 1.19 bits per heavy atom. The van der Waals surface area contributed by atoms with Crippen LogP contribution in [0.2, 0.25) is 0 Å². The molecule has 2 fully saturated rings. The van der Waals surface area contributed by atoms with Crippen molar-refractivity contribution in [2.75, 3.05) is 33.0 Å². The first kappa shape index (κ1) is 13.9. The van der Waals surface area contributed by atoms with Crippen LogP contribution < -0.4 is 14.8 Å². The topological polar surface area (TPSA) is 33.7 Å². The summed E-state index contributed by atoms with van der Waals surface area (Å²) >= 11 is 3.75. The quantitative estimate of drug-likeness (QED) is 0.903. The second kappa shape index (κ2) is 5.78. The molecule has 0 radical (unpaired) electrons. The highest BCUT2D eigenvalue weighted by Gasteiger charge is 2.32. The molecule has 0 amide bonds. The Balaban J connectivity index is 1.65. The van der Waals surface area contributed by atoms with E-state index in [4.69, 9.17) is 9.47 Å². The zero-order valence-corrected chi connectivity index (χ0v) is 13.7. The Morgan fingerprint density at radius 2 is 1.90 bits per heavy atom. The molecule has 21 heavy (non-hydrogen) atoms. The molecular weight excluding hydrogens is 332 g/mol. The molecule has 1 N–H and O–H groups in total. The van der Waals surface area contributed by atoms with Gasteiger partial charge in [0.2, 0.25) is 6.79 Å². The maximum atomic E-state index is 5.58. The van der Waals surface area contributed by atoms with Gasteiger partial charge in [-0.15, -0.1) is 0 Å². The maximum absolute atomic E-state index is 5.58. The van der Waals surface area contributed by atoms with Crippen LogP contribution in [0.15, 0.2) is 16.6 Å². The van der Waals surface area contributed by atoms with Gasteiger partial charge in [-0.3, -0.25) is 4.90 Å². The van der Waals surface area contributed by atoms with Gasteiger partial charge in [0.05, 0.1) is 0 Å². The fourth-order valence-corrected chi connectivity index (χ4v) is 3.91. The van der Waals surface area contributed by atoms with Gasteiger partial charge in [-0.2, -0.15) is 0 Å². The van der Waals surface area contributed by atoms with E-state index < -0.39 is 0 Å². The molecule has 1 aromatic rings. The number of fused-ring (bicyclic) bond motifs is 1. The van der Waals surface area contributed by atoms with E-state index in [-0.39, 0.29) is 0 Å². The van der Waals surface area contributed by atoms with E-state index in [2.05, 4.69) is 38.3 Å². The van der Waals surface area contributed by atoms with Crippen LogP contribution in [-0.4, -0.2) is 37.9 Å². The van der Waals surface area contributed by atoms with Crippen molar-refractivity contribution in [3.8, 4) is 11.5 Å². The second-order valence-electron chi connectivity index (χ2n) is 6.21. The Hall–Kier alpha value is -0.780. The summed E-state index contributed by atoms with van der Waals surface area (Å²) in [6.07, 6.45) is 4.05. The van der Waals surface area contributed by atoms with Crippen molar-refractivity contribution in [3.63, 3.8) is 0 Å². The van der Waals surface area contributed by atoms with Gasteiger partial charge < -0.3 is 14.8 Å². The van der Waals surface area contributed by atoms with E-state index >= 15 is 0 Å². The fourth-order valence-electron chi connectivity index (χ4n) is 3.32. The molecule has 0 aromatic heterocycles. The van der Waals surface area contributed by atoms with E-state index in [1.165, 1.54) is 24.8 Å². The number of halogens is 1. The summed E-state index contributed by atoms with van der Waals surface area (Å²) in [5, 5.41) is 3.45. The third-order valence-electron chi connectivity index (χ3n) is 4.70. The van der Waals surface area contributed by atoms with Crippen LogP contribution in [0, 0.1) is 5.92 Å². The van der Waals surface area contributed by atoms with Gasteiger partial charge in [-0.25, -0.2) is 0 Å². The second-order valence-corrected chi connectivity index (χ2v) is 7.06. The number of hydrogen-bond donors (Lipinski definition) is 1. The largest absolute Gasteiger partial charge is 0.454 e. The predicted molar refractivity (Wildman–Crippen MR) is 84.8 cm³/mol. The molecule has 2 aliphatic heterocycles. The summed E-state index contributed by atoms with van der Waals surface area (Å²) in [6, 6.07) is 4.74. The average molecular weight is 353 g/mol. The molecule has 0 unspecified atom stereocenters. The highest BCUT2D eigenvalue weighted by atomic mass is 79.9. The van der Waals surface area contributed by atoms with Crippen LogP contribution in [0.5, 0.6) is 11.5 Å². The first-order chi connectivity index (χ1) is 10.3. The molecule has 1 saturated carbocycles. The highest BCUT2D eigenvalue weighted by Crippen LogP contribution is 2.45. The molecule has 1 saturated heterocycles. The average Bonchev–Trinajstić information content (AvgIpc) is 3.22. The Labute approximate surface area is 133 Å². The minimum absolute atomic E-state index is 0.339. The Bertz CT molecular complexity index is 527. The number of benzene rings is 1. The molecule has 1 aromatic carbocycles. The van der Waals surface area contributed by atoms with E-state index in [0.29, 0.717) is 12.8 Å². The van der Waals surface area contributed by atoms with Gasteiger partial charge in [0.1, 0.15) is 0 Å². The SMILES string of the molecule is Brc1cc2c(cc1[C@@H](CC1CC1)N1CCNCC1)OCO2. The summed E-state index contributed by atoms with van der Waals surface area (Å²) in [4.78, 5) is 2.62. The first-order valence-electron chi connectivity index (χ1n) is 7.85. The minimum atomic E-state index is 0.339. The molecule has 5 heteroatoms. The van der Waals surface area contributed by atoms with Gasteiger partial charge >= 0.3 is 0 Å². The van der Waals surface area contributed by atoms with Gasteiger partial charge in [-0.05, 0) is 30.0 Å². The van der Waals surface area contributed by atoms with E-state index in [9.17, 15) is 0 Å². The lowest BCUT2D eigenvalue weighted by atomic mass is 9.98. The highest BCUT2D eigenvalue weighted by molar-refractivity contribution is 9.10. The molecule has 4 rings (SSSR count). The van der Waals surface area contributed by atoms with E-state index in [0.717, 1.165) is 48.1 Å². The monoisotopic (exact) mass is 352 g/mol. The van der Waals surface area contributed by atoms with Crippen molar-refractivity contribution in [1.29, 1.82) is 0 Å². The van der Waals surface area contributed by atoms with Crippen molar-refractivity contribution >= 4 is 15.9 Å². The van der Waals surface area contributed by atoms with Crippen molar-refractivity contribution in [1.82, 2.24) is 10.2 Å². The van der Waals surface area contributed by atoms with Crippen LogP contribution in [-0.2, 0) is 0 Å². The number of nitrogens with one attached hydrogen (secondary N) is 1. The number of rotatable bonds is 4. The van der Waals surface area contributed by atoms with Gasteiger partial charge in [0.25, 0.3) is 0 Å². The third-order valence-corrected chi connectivity index (χ3v) is 5.38. The van der Waals surface area contributed by atoms with E-state index in [1.54, 1.807) is 0 Å². The molecule has 2 heterocycles. The molecule has 1 atom stereocenters. The summed E-state index contributed by atoms with van der Waals surface area (Å²) < 4.78 is 12.2. The molecule has 1 aliphatic carbocycles. The summed E-state index contributed by atoms with van der Waals surface area (Å²) in [7, 11) is 0. The molecule has 3 aliphatic rings. The zero-order valence-electron chi connectivity index (χ0n) is 12.1. The number of hydrogen-bond acceptors (Lipinski definition) is 4. The number of piperazine rings is 1. The Kier molecular flexibility index (Phi) is 3.81. The zero-order chi connectivity index (χ0) is 14.2. The standard InChI is InChI=1S/C16H21BrN2O2/c17-13-9-16-15(20-10-21-16)8-12(13)14(7-11-1-2-11)19-5-3-18-4-6-19/h8-9,11,14,18H,1-7,10H2/t14-/m1/s1. The van der Waals surface area contributed by atoms with Crippen LogP contribution in [0.1, 0.15) is 30.9 Å². The van der Waals surface area contributed by atoms with Crippen LogP contribution in [0.4, 0.5) is 0 Å². The summed E-state index contributed by atoms with van der Waals surface area (Å²) in [5.41, 5.74) is 1.35. The molecule has 114 valence electrons. The predicted octanol–water partition coefficient (Wildman–Crippen LogP) is 2.92. The maximum Gasteiger partial charge on any atom is 0.231 e. The van der Waals surface area contributed by atoms with Crippen LogP contribution in [0.3, 0.4) is 0 Å². The third kappa shape index (κ3) is 2.91. The lowest BCUT2D eigenvalue weighted by Crippen LogP contribution is -2.45. The van der Waals surface area contributed by atoms with Crippen LogP contribution in [0.25, 0.3) is 0 Å². The Morgan fingerprint density at radius 3 is 2.62 bits per heavy atom. The summed E-state index contributed by atoms with van der Waals surface area (Å²) in [5.74, 6) is 2.66. The van der Waals surface area contributed by atoms with Crippen molar-refractivity contribution in [2.45, 2.75) is 25.3 Å². The minimum Gasteiger partial charge on any atom is -0.454 e. The first-order valence-corrected chi connectivity index (χ1v) is 8.64. The smallest absolute Gasteiger partial charge is 0.231 e. The molecule has 0 spiro atoms. The van der Waals surface area contributed by atoms with Crippen molar-refractivity contribution < 1.29 is 9.47 Å². The lowest BCUT2D eigenvalue weighted by Gasteiger charge is -2.36. The molecule has 0 bridgehead atoms. The van der Waals surface area contributed by atoms with Crippen molar-refractivity contribution in [2.24, 2.45) is 5.92 Å². The normalized spacial score (nSPS) is 23.3. The van der Waals surface area contributed by atoms with E-state index in [1.807, 2.05) is 0 Å². The fraction of sp³-hybridized carbons (Fsp3) is 0.625. The molecule has 4 nitrogen and oxygen atoms in total. The van der Waals surface area contributed by atoms with Gasteiger partial charge in [0.15, 0.2) is 11.5 Å². The van der Waals surface area contributed by atoms with Crippen LogP contribution >= 0.6 is 15.9 Å². The number of nitrogens with zero attached hydrogens (tertiary/aromatic N) is 1. The van der Waals surface area contributed by atoms with Gasteiger partial charge in [-0.1, -0.05) is 28.8 Å². The van der Waals surface area contributed by atoms with Gasteiger partial charge in [0, 0.05) is 36.7 Å². The van der Waals surface area contributed by atoms with Crippen molar-refractivity contribution in [3.05, 3.63) is 22.2 Å². The summed E-state index contributed by atoms with van der Waals surface area (Å²) in [6.45, 7) is 4.76. The molecular formula is C16H21BrN2O2. The number of ether oxygens (including phenoxy) is 2.